The van der Waals surface area contributed by atoms with Gasteiger partial charge in [-0.05, 0) is 56.3 Å². The lowest BCUT2D eigenvalue weighted by Gasteiger charge is -2.11. The topological polar surface area (TPSA) is 25.8 Å². The normalized spacial score (nSPS) is 11.7. The van der Waals surface area contributed by atoms with Crippen molar-refractivity contribution in [3.8, 4) is 56.0 Å². The van der Waals surface area contributed by atoms with Gasteiger partial charge in [0.25, 0.3) is 0 Å². The van der Waals surface area contributed by atoms with Gasteiger partial charge in [0, 0.05) is 16.5 Å². The van der Waals surface area contributed by atoms with Crippen LogP contribution >= 0.6 is 0 Å². The second-order valence-corrected chi connectivity index (χ2v) is 9.79. The Morgan fingerprint density at radius 1 is 0.368 bits per heavy atom. The average molecular weight is 483 g/mol. The zero-order valence-electron chi connectivity index (χ0n) is 20.6. The molecule has 0 spiro atoms. The lowest BCUT2D eigenvalue weighted by Crippen LogP contribution is -1.95. The smallest absolute Gasteiger partial charge is 0.160 e. The zero-order valence-corrected chi connectivity index (χ0v) is 20.6. The molecule has 6 aromatic carbocycles. The number of para-hydroxylation sites is 1. The molecule has 0 atom stereocenters. The molecule has 0 radical (unpaired) electrons. The molecule has 8 rings (SSSR count). The van der Waals surface area contributed by atoms with Crippen LogP contribution in [0.2, 0.25) is 0 Å². The molecule has 7 aromatic rings. The lowest BCUT2D eigenvalue weighted by atomic mass is 9.94. The van der Waals surface area contributed by atoms with E-state index in [0.717, 1.165) is 33.5 Å². The van der Waals surface area contributed by atoms with Gasteiger partial charge in [-0.3, -0.25) is 0 Å². The van der Waals surface area contributed by atoms with E-state index in [-0.39, 0.29) is 0 Å². The highest BCUT2D eigenvalue weighted by Gasteiger charge is 2.24. The molecule has 0 N–H and O–H groups in total. The van der Waals surface area contributed by atoms with Crippen LogP contribution in [0.25, 0.3) is 77.7 Å². The van der Waals surface area contributed by atoms with Crippen LogP contribution in [0.1, 0.15) is 0 Å². The van der Waals surface area contributed by atoms with Gasteiger partial charge in [-0.2, -0.15) is 0 Å². The summed E-state index contributed by atoms with van der Waals surface area (Å²) in [6, 6.07) is 47.2. The first kappa shape index (κ1) is 21.0. The van der Waals surface area contributed by atoms with E-state index in [1.54, 1.807) is 0 Å². The Labute approximate surface area is 220 Å². The maximum atomic E-state index is 5.11. The lowest BCUT2D eigenvalue weighted by molar-refractivity contribution is 1.23. The molecule has 1 aliphatic carbocycles. The standard InChI is InChI=1S/C36H22N2/c1-3-10-23(11-4-1)26-20-21-30-32-22-25(18-19-27(32)29-16-9-15-28(26)34(29)30)36-37-33-17-8-7-14-31(33)35(38-36)24-12-5-2-6-13-24/h1-22H. The Hall–Kier alpha value is -5.08. The molecule has 0 fully saturated rings. The predicted octanol–water partition coefficient (Wildman–Crippen LogP) is 9.43. The summed E-state index contributed by atoms with van der Waals surface area (Å²) in [6.07, 6.45) is 0. The zero-order chi connectivity index (χ0) is 25.1. The van der Waals surface area contributed by atoms with Crippen LogP contribution in [0.3, 0.4) is 0 Å². The molecule has 0 saturated carbocycles. The van der Waals surface area contributed by atoms with Crippen LogP contribution in [0.5, 0.6) is 0 Å². The second kappa shape index (κ2) is 8.22. The van der Waals surface area contributed by atoms with Crippen molar-refractivity contribution < 1.29 is 0 Å². The molecule has 0 bridgehead atoms. The molecule has 38 heavy (non-hydrogen) atoms. The second-order valence-electron chi connectivity index (χ2n) is 9.79. The quantitative estimate of drug-likeness (QED) is 0.251. The van der Waals surface area contributed by atoms with Crippen molar-refractivity contribution in [2.24, 2.45) is 0 Å². The van der Waals surface area contributed by atoms with E-state index >= 15 is 0 Å². The van der Waals surface area contributed by atoms with E-state index in [9.17, 15) is 0 Å². The number of nitrogens with zero attached hydrogens (tertiary/aromatic N) is 2. The van der Waals surface area contributed by atoms with E-state index in [1.807, 2.05) is 12.1 Å². The summed E-state index contributed by atoms with van der Waals surface area (Å²) in [5.41, 5.74) is 11.6. The summed E-state index contributed by atoms with van der Waals surface area (Å²) in [7, 11) is 0. The Morgan fingerprint density at radius 2 is 1.03 bits per heavy atom. The van der Waals surface area contributed by atoms with Crippen molar-refractivity contribution in [2.45, 2.75) is 0 Å². The fourth-order valence-electron chi connectivity index (χ4n) is 5.89. The number of aromatic nitrogens is 2. The number of fused-ring (bicyclic) bond motifs is 4. The van der Waals surface area contributed by atoms with Crippen LogP contribution in [0.4, 0.5) is 0 Å². The number of hydrogen-bond acceptors (Lipinski definition) is 2. The van der Waals surface area contributed by atoms with Gasteiger partial charge in [-0.15, -0.1) is 0 Å². The Bertz CT molecular complexity index is 2010. The Kier molecular flexibility index (Phi) is 4.55. The van der Waals surface area contributed by atoms with Crippen LogP contribution < -0.4 is 0 Å². The maximum absolute atomic E-state index is 5.11. The largest absolute Gasteiger partial charge is 0.228 e. The van der Waals surface area contributed by atoms with Crippen LogP contribution in [0.15, 0.2) is 133 Å². The first-order valence-electron chi connectivity index (χ1n) is 12.9. The third-order valence-electron chi connectivity index (χ3n) is 7.63. The van der Waals surface area contributed by atoms with Gasteiger partial charge < -0.3 is 0 Å². The van der Waals surface area contributed by atoms with Gasteiger partial charge in [0.1, 0.15) is 0 Å². The van der Waals surface area contributed by atoms with Crippen molar-refractivity contribution in [3.05, 3.63) is 133 Å². The molecule has 1 heterocycles. The monoisotopic (exact) mass is 482 g/mol. The van der Waals surface area contributed by atoms with E-state index in [2.05, 4.69) is 121 Å². The molecule has 1 aromatic heterocycles. The predicted molar refractivity (Wildman–Crippen MR) is 158 cm³/mol. The summed E-state index contributed by atoms with van der Waals surface area (Å²) < 4.78 is 0. The molecular formula is C36H22N2. The Morgan fingerprint density at radius 3 is 1.87 bits per heavy atom. The minimum Gasteiger partial charge on any atom is -0.228 e. The third kappa shape index (κ3) is 3.14. The SMILES string of the molecule is c1ccc(-c2nc(-c3ccc4c(c3)-c3ccc(-c5ccccc5)c5cccc-4c35)nc3ccccc23)cc1. The summed E-state index contributed by atoms with van der Waals surface area (Å²) in [5.74, 6) is 0.749. The van der Waals surface area contributed by atoms with E-state index < -0.39 is 0 Å². The van der Waals surface area contributed by atoms with Crippen LogP contribution in [0, 0.1) is 0 Å². The number of rotatable bonds is 3. The fourth-order valence-corrected chi connectivity index (χ4v) is 5.89. The third-order valence-corrected chi connectivity index (χ3v) is 7.63. The van der Waals surface area contributed by atoms with Gasteiger partial charge in [0.05, 0.1) is 11.2 Å². The number of hydrogen-bond donors (Lipinski definition) is 0. The summed E-state index contributed by atoms with van der Waals surface area (Å²) in [6.45, 7) is 0. The van der Waals surface area contributed by atoms with Crippen LogP contribution in [-0.4, -0.2) is 9.97 Å². The first-order chi connectivity index (χ1) is 18.8. The fraction of sp³-hybridized carbons (Fsp3) is 0. The minimum absolute atomic E-state index is 0.749. The molecule has 0 saturated heterocycles. The van der Waals surface area contributed by atoms with Crippen molar-refractivity contribution in [1.29, 1.82) is 0 Å². The highest BCUT2D eigenvalue weighted by atomic mass is 14.9. The molecule has 1 aliphatic rings. The van der Waals surface area contributed by atoms with E-state index in [0.29, 0.717) is 0 Å². The molecule has 176 valence electrons. The van der Waals surface area contributed by atoms with Crippen molar-refractivity contribution in [1.82, 2.24) is 9.97 Å². The van der Waals surface area contributed by atoms with Crippen LogP contribution in [-0.2, 0) is 0 Å². The van der Waals surface area contributed by atoms with E-state index in [1.165, 1.54) is 44.2 Å². The highest BCUT2D eigenvalue weighted by molar-refractivity contribution is 6.19. The van der Waals surface area contributed by atoms with Gasteiger partial charge in [0.15, 0.2) is 5.82 Å². The van der Waals surface area contributed by atoms with Crippen molar-refractivity contribution in [3.63, 3.8) is 0 Å². The summed E-state index contributed by atoms with van der Waals surface area (Å²) in [5, 5.41) is 3.68. The molecular weight excluding hydrogens is 460 g/mol. The van der Waals surface area contributed by atoms with Gasteiger partial charge in [-0.25, -0.2) is 9.97 Å². The average Bonchev–Trinajstić information content (AvgIpc) is 3.32. The van der Waals surface area contributed by atoms with Crippen molar-refractivity contribution in [2.75, 3.05) is 0 Å². The van der Waals surface area contributed by atoms with E-state index in [4.69, 9.17) is 9.97 Å². The summed E-state index contributed by atoms with van der Waals surface area (Å²) >= 11 is 0. The molecule has 0 aliphatic heterocycles. The molecule has 0 amide bonds. The Balaban J connectivity index is 1.33. The minimum atomic E-state index is 0.749. The maximum Gasteiger partial charge on any atom is 0.160 e. The molecule has 2 heteroatoms. The molecule has 2 nitrogen and oxygen atoms in total. The van der Waals surface area contributed by atoms with Gasteiger partial charge >= 0.3 is 0 Å². The van der Waals surface area contributed by atoms with Gasteiger partial charge in [-0.1, -0.05) is 121 Å². The summed E-state index contributed by atoms with van der Waals surface area (Å²) in [4.78, 5) is 10.1. The number of benzene rings is 6. The first-order valence-corrected chi connectivity index (χ1v) is 12.9. The van der Waals surface area contributed by atoms with Crippen molar-refractivity contribution >= 4 is 21.7 Å². The van der Waals surface area contributed by atoms with Gasteiger partial charge in [0.2, 0.25) is 0 Å². The highest BCUT2D eigenvalue weighted by Crippen LogP contribution is 2.50. The molecule has 0 unspecified atom stereocenters.